The number of hydrogen-bond acceptors (Lipinski definition) is 2. The Morgan fingerprint density at radius 3 is 2.84 bits per heavy atom. The summed E-state index contributed by atoms with van der Waals surface area (Å²) in [7, 11) is 0. The summed E-state index contributed by atoms with van der Waals surface area (Å²) in [4.78, 5) is 17.3. The summed E-state index contributed by atoms with van der Waals surface area (Å²) in [6.45, 7) is 0.900. The van der Waals surface area contributed by atoms with Crippen molar-refractivity contribution in [2.24, 2.45) is 0 Å². The van der Waals surface area contributed by atoms with E-state index in [1.807, 2.05) is 0 Å². The van der Waals surface area contributed by atoms with Gasteiger partial charge in [0.25, 0.3) is 5.91 Å². The van der Waals surface area contributed by atoms with Crippen molar-refractivity contribution in [3.05, 3.63) is 21.4 Å². The lowest BCUT2D eigenvalue weighted by Gasteiger charge is -2.37. The van der Waals surface area contributed by atoms with Gasteiger partial charge in [0.15, 0.2) is 0 Å². The minimum atomic E-state index is 0.282. The van der Waals surface area contributed by atoms with Crippen LogP contribution in [0.1, 0.15) is 52.2 Å². The number of amides is 1. The molecular weight excluding hydrogens is 322 g/mol. The van der Waals surface area contributed by atoms with Crippen molar-refractivity contribution in [2.75, 3.05) is 11.9 Å². The van der Waals surface area contributed by atoms with E-state index in [0.717, 1.165) is 23.2 Å². The molecule has 4 heteroatoms. The molecule has 0 spiro atoms. The molecule has 0 N–H and O–H groups in total. The topological polar surface area (TPSA) is 20.3 Å². The molecule has 0 bridgehead atoms. The first kappa shape index (κ1) is 13.6. The number of nitrogens with zero attached hydrogens (tertiary/aromatic N) is 1. The fourth-order valence-corrected chi connectivity index (χ4v) is 4.41. The molecule has 104 valence electrons. The molecule has 0 atom stereocenters. The summed E-state index contributed by atoms with van der Waals surface area (Å²) in [5.41, 5.74) is 1.43. The van der Waals surface area contributed by atoms with Gasteiger partial charge in [-0.1, -0.05) is 15.9 Å². The quantitative estimate of drug-likeness (QED) is 0.740. The molecule has 19 heavy (non-hydrogen) atoms. The SMILES string of the molecule is O=C(c1cc2c(s1)CCC2)N(CCCBr)C1CCC1. The number of halogens is 1. The van der Waals surface area contributed by atoms with E-state index in [1.165, 1.54) is 49.0 Å². The van der Waals surface area contributed by atoms with Crippen LogP contribution in [-0.2, 0) is 12.8 Å². The number of carbonyl (C=O) groups is 1. The first-order valence-electron chi connectivity index (χ1n) is 7.28. The highest BCUT2D eigenvalue weighted by Gasteiger charge is 2.30. The van der Waals surface area contributed by atoms with Crippen LogP contribution in [0.25, 0.3) is 0 Å². The van der Waals surface area contributed by atoms with Crippen LogP contribution in [0.5, 0.6) is 0 Å². The molecule has 1 amide bonds. The monoisotopic (exact) mass is 341 g/mol. The van der Waals surface area contributed by atoms with Crippen LogP contribution in [0.4, 0.5) is 0 Å². The van der Waals surface area contributed by atoms with Crippen molar-refractivity contribution in [2.45, 2.75) is 51.0 Å². The Kier molecular flexibility index (Phi) is 4.27. The molecule has 3 rings (SSSR count). The molecule has 0 unspecified atom stereocenters. The van der Waals surface area contributed by atoms with Crippen molar-refractivity contribution in [3.63, 3.8) is 0 Å². The average Bonchev–Trinajstić information content (AvgIpc) is 2.91. The molecule has 1 aromatic rings. The van der Waals surface area contributed by atoms with Gasteiger partial charge in [-0.25, -0.2) is 0 Å². The lowest BCUT2D eigenvalue weighted by molar-refractivity contribution is 0.0586. The van der Waals surface area contributed by atoms with E-state index in [4.69, 9.17) is 0 Å². The standard InChI is InChI=1S/C15H20BrNOS/c16-8-3-9-17(12-5-2-6-12)15(18)14-10-11-4-1-7-13(11)19-14/h10,12H,1-9H2. The highest BCUT2D eigenvalue weighted by molar-refractivity contribution is 9.09. The zero-order chi connectivity index (χ0) is 13.2. The predicted octanol–water partition coefficient (Wildman–Crippen LogP) is 4.02. The molecule has 2 aliphatic carbocycles. The zero-order valence-corrected chi connectivity index (χ0v) is 13.6. The molecule has 0 aliphatic heterocycles. The summed E-state index contributed by atoms with van der Waals surface area (Å²) in [5.74, 6) is 0.282. The molecule has 1 saturated carbocycles. The maximum Gasteiger partial charge on any atom is 0.264 e. The van der Waals surface area contributed by atoms with Crippen molar-refractivity contribution < 1.29 is 4.79 Å². The second kappa shape index (κ2) is 5.96. The Morgan fingerprint density at radius 2 is 2.21 bits per heavy atom. The van der Waals surface area contributed by atoms with Gasteiger partial charge in [-0.05, 0) is 56.6 Å². The van der Waals surface area contributed by atoms with Crippen molar-refractivity contribution in [1.29, 1.82) is 0 Å². The van der Waals surface area contributed by atoms with E-state index >= 15 is 0 Å². The maximum atomic E-state index is 12.7. The minimum absolute atomic E-state index is 0.282. The third-order valence-electron chi connectivity index (χ3n) is 4.27. The number of carbonyl (C=O) groups excluding carboxylic acids is 1. The third kappa shape index (κ3) is 2.75. The lowest BCUT2D eigenvalue weighted by Crippen LogP contribution is -2.44. The fourth-order valence-electron chi connectivity index (χ4n) is 2.95. The number of fused-ring (bicyclic) bond motifs is 1. The number of hydrogen-bond donors (Lipinski definition) is 0. The number of alkyl halides is 1. The van der Waals surface area contributed by atoms with E-state index < -0.39 is 0 Å². The summed E-state index contributed by atoms with van der Waals surface area (Å²) in [6, 6.07) is 2.67. The molecule has 2 aliphatic rings. The minimum Gasteiger partial charge on any atom is -0.335 e. The zero-order valence-electron chi connectivity index (χ0n) is 11.2. The maximum absolute atomic E-state index is 12.7. The molecule has 0 radical (unpaired) electrons. The molecule has 1 aromatic heterocycles. The van der Waals surface area contributed by atoms with E-state index in [2.05, 4.69) is 26.9 Å². The Hall–Kier alpha value is -0.350. The van der Waals surface area contributed by atoms with Crippen molar-refractivity contribution in [1.82, 2.24) is 4.90 Å². The van der Waals surface area contributed by atoms with E-state index in [1.54, 1.807) is 11.3 Å². The Balaban J connectivity index is 1.74. The number of rotatable bonds is 5. The van der Waals surface area contributed by atoms with Crippen LogP contribution in [0, 0.1) is 0 Å². The van der Waals surface area contributed by atoms with Gasteiger partial charge in [0.2, 0.25) is 0 Å². The van der Waals surface area contributed by atoms with Crippen LogP contribution in [0.2, 0.25) is 0 Å². The largest absolute Gasteiger partial charge is 0.335 e. The average molecular weight is 342 g/mol. The molecule has 0 saturated heterocycles. The number of aryl methyl sites for hydroxylation is 2. The summed E-state index contributed by atoms with van der Waals surface area (Å²) >= 11 is 5.21. The predicted molar refractivity (Wildman–Crippen MR) is 83.4 cm³/mol. The fraction of sp³-hybridized carbons (Fsp3) is 0.667. The molecule has 2 nitrogen and oxygen atoms in total. The second-order valence-electron chi connectivity index (χ2n) is 5.54. The van der Waals surface area contributed by atoms with E-state index in [-0.39, 0.29) is 5.91 Å². The Morgan fingerprint density at radius 1 is 1.37 bits per heavy atom. The van der Waals surface area contributed by atoms with Gasteiger partial charge in [0.1, 0.15) is 0 Å². The second-order valence-corrected chi connectivity index (χ2v) is 7.47. The number of thiophene rings is 1. The Bertz CT molecular complexity index is 445. The van der Waals surface area contributed by atoms with Crippen molar-refractivity contribution >= 4 is 33.2 Å². The van der Waals surface area contributed by atoms with Crippen LogP contribution in [0.15, 0.2) is 6.07 Å². The van der Waals surface area contributed by atoms with E-state index in [9.17, 15) is 4.79 Å². The van der Waals surface area contributed by atoms with E-state index in [0.29, 0.717) is 6.04 Å². The highest BCUT2D eigenvalue weighted by atomic mass is 79.9. The first-order valence-corrected chi connectivity index (χ1v) is 9.22. The van der Waals surface area contributed by atoms with Gasteiger partial charge in [-0.2, -0.15) is 0 Å². The first-order chi connectivity index (χ1) is 9.29. The van der Waals surface area contributed by atoms with Gasteiger partial charge >= 0.3 is 0 Å². The molecule has 0 aromatic carbocycles. The van der Waals surface area contributed by atoms with Crippen LogP contribution in [-0.4, -0.2) is 28.7 Å². The third-order valence-corrected chi connectivity index (χ3v) is 6.05. The summed E-state index contributed by atoms with van der Waals surface area (Å²) < 4.78 is 0. The van der Waals surface area contributed by atoms with Crippen molar-refractivity contribution in [3.8, 4) is 0 Å². The highest BCUT2D eigenvalue weighted by Crippen LogP contribution is 2.33. The summed E-state index contributed by atoms with van der Waals surface area (Å²) in [5, 5.41) is 0.977. The normalized spacial score (nSPS) is 18.2. The molecular formula is C15H20BrNOS. The van der Waals surface area contributed by atoms with Gasteiger partial charge in [0, 0.05) is 22.8 Å². The molecule has 1 fully saturated rings. The molecule has 1 heterocycles. The van der Waals surface area contributed by atoms with Crippen LogP contribution in [0.3, 0.4) is 0 Å². The lowest BCUT2D eigenvalue weighted by atomic mass is 9.91. The Labute approximate surface area is 127 Å². The van der Waals surface area contributed by atoms with Crippen LogP contribution < -0.4 is 0 Å². The smallest absolute Gasteiger partial charge is 0.264 e. The van der Waals surface area contributed by atoms with Gasteiger partial charge < -0.3 is 4.90 Å². The van der Waals surface area contributed by atoms with Gasteiger partial charge in [-0.15, -0.1) is 11.3 Å². The summed E-state index contributed by atoms with van der Waals surface area (Å²) in [6.07, 6.45) is 8.34. The van der Waals surface area contributed by atoms with Gasteiger partial charge in [-0.3, -0.25) is 4.79 Å². The van der Waals surface area contributed by atoms with Crippen LogP contribution >= 0.6 is 27.3 Å². The van der Waals surface area contributed by atoms with Gasteiger partial charge in [0.05, 0.1) is 4.88 Å².